The molecule has 0 spiro atoms. The van der Waals surface area contributed by atoms with Gasteiger partial charge in [-0.3, -0.25) is 4.79 Å². The summed E-state index contributed by atoms with van der Waals surface area (Å²) < 4.78 is 5.22. The number of amides is 1. The minimum absolute atomic E-state index is 0. The summed E-state index contributed by atoms with van der Waals surface area (Å²) >= 11 is 0. The van der Waals surface area contributed by atoms with Crippen LogP contribution in [-0.4, -0.2) is 31.2 Å². The molecule has 102 valence electrons. The molecular formula is C12H25ClN2O2. The van der Waals surface area contributed by atoms with Gasteiger partial charge < -0.3 is 15.8 Å². The van der Waals surface area contributed by atoms with E-state index in [9.17, 15) is 4.79 Å². The van der Waals surface area contributed by atoms with Crippen molar-refractivity contribution in [1.82, 2.24) is 5.32 Å². The molecule has 4 nitrogen and oxygen atoms in total. The quantitative estimate of drug-likeness (QED) is 0.787. The lowest BCUT2D eigenvalue weighted by molar-refractivity contribution is -0.126. The van der Waals surface area contributed by atoms with Crippen molar-refractivity contribution in [2.45, 2.75) is 39.2 Å². The van der Waals surface area contributed by atoms with E-state index in [4.69, 9.17) is 10.5 Å². The standard InChI is InChI=1S/C12H24N2O2.ClH/c1-9(2)6-12(3,8-13)14-11(15)10-4-5-16-7-10;/h9-10H,4-8,13H2,1-3H3,(H,14,15);1H. The van der Waals surface area contributed by atoms with Gasteiger partial charge in [0.05, 0.1) is 12.5 Å². The molecule has 0 radical (unpaired) electrons. The number of rotatable bonds is 5. The molecule has 17 heavy (non-hydrogen) atoms. The third kappa shape index (κ3) is 5.23. The maximum atomic E-state index is 12.0. The third-order valence-electron chi connectivity index (χ3n) is 3.03. The minimum Gasteiger partial charge on any atom is -0.381 e. The Bertz CT molecular complexity index is 243. The first-order valence-corrected chi connectivity index (χ1v) is 6.06. The van der Waals surface area contributed by atoms with Crippen LogP contribution in [-0.2, 0) is 9.53 Å². The van der Waals surface area contributed by atoms with Crippen LogP contribution in [0.15, 0.2) is 0 Å². The van der Waals surface area contributed by atoms with Gasteiger partial charge in [0.25, 0.3) is 0 Å². The van der Waals surface area contributed by atoms with E-state index >= 15 is 0 Å². The summed E-state index contributed by atoms with van der Waals surface area (Å²) in [6.07, 6.45) is 1.73. The Morgan fingerprint density at radius 2 is 2.24 bits per heavy atom. The molecule has 5 heteroatoms. The van der Waals surface area contributed by atoms with E-state index in [1.165, 1.54) is 0 Å². The Morgan fingerprint density at radius 3 is 2.65 bits per heavy atom. The van der Waals surface area contributed by atoms with Crippen LogP contribution in [0.4, 0.5) is 0 Å². The zero-order valence-electron chi connectivity index (χ0n) is 11.0. The first-order chi connectivity index (χ1) is 7.47. The van der Waals surface area contributed by atoms with E-state index in [1.807, 2.05) is 6.92 Å². The lowest BCUT2D eigenvalue weighted by Crippen LogP contribution is -2.53. The summed E-state index contributed by atoms with van der Waals surface area (Å²) in [6.45, 7) is 8.01. The van der Waals surface area contributed by atoms with E-state index in [2.05, 4.69) is 19.2 Å². The fraction of sp³-hybridized carbons (Fsp3) is 0.917. The molecule has 1 aliphatic heterocycles. The van der Waals surface area contributed by atoms with Crippen molar-refractivity contribution < 1.29 is 9.53 Å². The summed E-state index contributed by atoms with van der Waals surface area (Å²) in [4.78, 5) is 12.0. The van der Waals surface area contributed by atoms with Crippen molar-refractivity contribution in [2.75, 3.05) is 19.8 Å². The normalized spacial score (nSPS) is 23.0. The summed E-state index contributed by atoms with van der Waals surface area (Å²) in [6, 6.07) is 0. The van der Waals surface area contributed by atoms with Crippen LogP contribution >= 0.6 is 12.4 Å². The van der Waals surface area contributed by atoms with Gasteiger partial charge >= 0.3 is 0 Å². The molecule has 1 fully saturated rings. The molecule has 1 amide bonds. The monoisotopic (exact) mass is 264 g/mol. The average Bonchev–Trinajstić information content (AvgIpc) is 2.69. The second-order valence-corrected chi connectivity index (χ2v) is 5.41. The number of carbonyl (C=O) groups excluding carboxylic acids is 1. The van der Waals surface area contributed by atoms with Crippen LogP contribution in [0.25, 0.3) is 0 Å². The number of halogens is 1. The zero-order valence-corrected chi connectivity index (χ0v) is 11.8. The predicted molar refractivity (Wildman–Crippen MR) is 71.2 cm³/mol. The van der Waals surface area contributed by atoms with Crippen LogP contribution in [0.2, 0.25) is 0 Å². The van der Waals surface area contributed by atoms with Crippen LogP contribution < -0.4 is 11.1 Å². The highest BCUT2D eigenvalue weighted by Gasteiger charge is 2.30. The fourth-order valence-electron chi connectivity index (χ4n) is 2.23. The maximum Gasteiger partial charge on any atom is 0.225 e. The highest BCUT2D eigenvalue weighted by atomic mass is 35.5. The SMILES string of the molecule is CC(C)CC(C)(CN)NC(=O)C1CCOC1.Cl. The van der Waals surface area contributed by atoms with Crippen LogP contribution in [0.3, 0.4) is 0 Å². The maximum absolute atomic E-state index is 12.0. The zero-order chi connectivity index (χ0) is 12.2. The third-order valence-corrected chi connectivity index (χ3v) is 3.03. The van der Waals surface area contributed by atoms with Crippen molar-refractivity contribution >= 4 is 18.3 Å². The van der Waals surface area contributed by atoms with Crippen molar-refractivity contribution in [3.05, 3.63) is 0 Å². The van der Waals surface area contributed by atoms with Crippen molar-refractivity contribution in [3.8, 4) is 0 Å². The van der Waals surface area contributed by atoms with Crippen LogP contribution in [0.1, 0.15) is 33.6 Å². The molecule has 2 atom stereocenters. The largest absolute Gasteiger partial charge is 0.381 e. The van der Waals surface area contributed by atoms with Gasteiger partial charge in [0, 0.05) is 18.7 Å². The van der Waals surface area contributed by atoms with Gasteiger partial charge in [-0.1, -0.05) is 13.8 Å². The number of carbonyl (C=O) groups is 1. The first-order valence-electron chi connectivity index (χ1n) is 6.06. The Labute approximate surface area is 110 Å². The van der Waals surface area contributed by atoms with Gasteiger partial charge in [-0.2, -0.15) is 0 Å². The van der Waals surface area contributed by atoms with Crippen LogP contribution in [0, 0.1) is 11.8 Å². The summed E-state index contributed by atoms with van der Waals surface area (Å²) in [7, 11) is 0. The van der Waals surface area contributed by atoms with Crippen molar-refractivity contribution in [1.29, 1.82) is 0 Å². The number of nitrogens with two attached hydrogens (primary N) is 1. The summed E-state index contributed by atoms with van der Waals surface area (Å²) in [5.41, 5.74) is 5.47. The van der Waals surface area contributed by atoms with E-state index in [0.29, 0.717) is 25.7 Å². The second-order valence-electron chi connectivity index (χ2n) is 5.41. The molecule has 1 rings (SSSR count). The molecule has 1 aliphatic rings. The fourth-order valence-corrected chi connectivity index (χ4v) is 2.23. The Kier molecular flexibility index (Phi) is 7.05. The lowest BCUT2D eigenvalue weighted by Gasteiger charge is -2.32. The molecule has 2 unspecified atom stereocenters. The van der Waals surface area contributed by atoms with Gasteiger partial charge in [-0.25, -0.2) is 0 Å². The Hall–Kier alpha value is -0.320. The molecule has 3 N–H and O–H groups in total. The number of nitrogens with one attached hydrogen (secondary N) is 1. The van der Waals surface area contributed by atoms with E-state index in [-0.39, 0.29) is 29.8 Å². The minimum atomic E-state index is -0.284. The van der Waals surface area contributed by atoms with Crippen molar-refractivity contribution in [2.24, 2.45) is 17.6 Å². The molecule has 0 aromatic carbocycles. The smallest absolute Gasteiger partial charge is 0.225 e. The number of hydrogen-bond donors (Lipinski definition) is 2. The van der Waals surface area contributed by atoms with Gasteiger partial charge in [0.15, 0.2) is 0 Å². The highest BCUT2D eigenvalue weighted by molar-refractivity contribution is 5.85. The molecule has 0 saturated carbocycles. The lowest BCUT2D eigenvalue weighted by atomic mass is 9.90. The van der Waals surface area contributed by atoms with E-state index in [0.717, 1.165) is 12.8 Å². The topological polar surface area (TPSA) is 64.3 Å². The predicted octanol–water partition coefficient (Wildman–Crippen LogP) is 1.32. The Morgan fingerprint density at radius 1 is 1.59 bits per heavy atom. The van der Waals surface area contributed by atoms with Gasteiger partial charge in [0.1, 0.15) is 0 Å². The summed E-state index contributed by atoms with van der Waals surface area (Å²) in [5, 5.41) is 3.07. The molecule has 0 bridgehead atoms. The molecular weight excluding hydrogens is 240 g/mol. The molecule has 0 aromatic heterocycles. The number of ether oxygens (including phenoxy) is 1. The highest BCUT2D eigenvalue weighted by Crippen LogP contribution is 2.18. The second kappa shape index (κ2) is 7.19. The van der Waals surface area contributed by atoms with Gasteiger partial charge in [-0.05, 0) is 25.7 Å². The molecule has 1 saturated heterocycles. The molecule has 1 heterocycles. The van der Waals surface area contributed by atoms with Gasteiger partial charge in [0.2, 0.25) is 5.91 Å². The van der Waals surface area contributed by atoms with Gasteiger partial charge in [-0.15, -0.1) is 12.4 Å². The molecule has 0 aromatic rings. The number of hydrogen-bond acceptors (Lipinski definition) is 3. The van der Waals surface area contributed by atoms with Crippen LogP contribution in [0.5, 0.6) is 0 Å². The average molecular weight is 265 g/mol. The summed E-state index contributed by atoms with van der Waals surface area (Å²) in [5.74, 6) is 0.623. The van der Waals surface area contributed by atoms with E-state index in [1.54, 1.807) is 0 Å². The Balaban J connectivity index is 0.00000256. The van der Waals surface area contributed by atoms with Crippen molar-refractivity contribution in [3.63, 3.8) is 0 Å². The van der Waals surface area contributed by atoms with E-state index < -0.39 is 0 Å². The molecule has 0 aliphatic carbocycles. The first kappa shape index (κ1) is 16.7.